The molecular formula is C19H14FNO5. The van der Waals surface area contributed by atoms with E-state index in [-0.39, 0.29) is 5.57 Å². The number of carboxylic acids is 1. The third-order valence-corrected chi connectivity index (χ3v) is 4.08. The molecule has 0 aliphatic carbocycles. The van der Waals surface area contributed by atoms with Crippen LogP contribution in [0.2, 0.25) is 0 Å². The summed E-state index contributed by atoms with van der Waals surface area (Å²) in [6, 6.07) is 12.0. The van der Waals surface area contributed by atoms with Gasteiger partial charge in [0.1, 0.15) is 18.1 Å². The van der Waals surface area contributed by atoms with Crippen molar-refractivity contribution in [1.82, 2.24) is 4.90 Å². The van der Waals surface area contributed by atoms with Gasteiger partial charge >= 0.3 is 5.97 Å². The molecule has 0 saturated carbocycles. The van der Waals surface area contributed by atoms with E-state index in [4.69, 9.17) is 5.11 Å². The Morgan fingerprint density at radius 3 is 2.19 bits per heavy atom. The van der Waals surface area contributed by atoms with E-state index in [9.17, 15) is 23.9 Å². The normalized spacial score (nSPS) is 19.0. The van der Waals surface area contributed by atoms with Crippen LogP contribution < -0.4 is 0 Å². The van der Waals surface area contributed by atoms with Crippen molar-refractivity contribution in [2.24, 2.45) is 0 Å². The number of carbonyl (C=O) groups excluding carboxylic acids is 2. The average molecular weight is 355 g/mol. The highest BCUT2D eigenvalue weighted by Crippen LogP contribution is 2.39. The minimum absolute atomic E-state index is 0.228. The van der Waals surface area contributed by atoms with Crippen LogP contribution in [0, 0.1) is 5.82 Å². The van der Waals surface area contributed by atoms with Gasteiger partial charge in [0.05, 0.1) is 11.6 Å². The van der Waals surface area contributed by atoms with Crippen LogP contribution in [0.1, 0.15) is 17.2 Å². The molecule has 2 N–H and O–H groups in total. The topological polar surface area (TPSA) is 94.9 Å². The summed E-state index contributed by atoms with van der Waals surface area (Å²) in [5.41, 5.74) is 0.409. The first-order chi connectivity index (χ1) is 12.4. The quantitative estimate of drug-likeness (QED) is 0.499. The molecule has 2 aromatic carbocycles. The number of carbonyl (C=O) groups is 3. The summed E-state index contributed by atoms with van der Waals surface area (Å²) in [5.74, 6) is -4.25. The van der Waals surface area contributed by atoms with E-state index in [1.54, 1.807) is 30.3 Å². The molecule has 7 heteroatoms. The lowest BCUT2D eigenvalue weighted by molar-refractivity contribution is -0.146. The number of carboxylic acid groups (broad SMARTS) is 1. The van der Waals surface area contributed by atoms with Crippen LogP contribution in [0.3, 0.4) is 0 Å². The van der Waals surface area contributed by atoms with Crippen molar-refractivity contribution >= 4 is 23.4 Å². The maximum absolute atomic E-state index is 13.3. The van der Waals surface area contributed by atoms with E-state index in [0.29, 0.717) is 11.1 Å². The van der Waals surface area contributed by atoms with Crippen LogP contribution in [0.15, 0.2) is 60.2 Å². The second-order valence-corrected chi connectivity index (χ2v) is 5.74. The zero-order chi connectivity index (χ0) is 18.8. The molecule has 26 heavy (non-hydrogen) atoms. The number of halogens is 1. The number of Topliss-reactive ketones (excluding diaryl/α,β-unsaturated/α-hetero) is 1. The Kier molecular flexibility index (Phi) is 4.53. The second kappa shape index (κ2) is 6.79. The fourth-order valence-corrected chi connectivity index (χ4v) is 2.93. The molecule has 0 aromatic heterocycles. The van der Waals surface area contributed by atoms with E-state index < -0.39 is 41.8 Å². The standard InChI is InChI=1S/C19H14FNO5/c20-13-8-6-11(7-9-13)16-15(17(24)12-4-2-1-3-5-12)18(25)19(26)21(16)10-14(22)23/h1-9,16,24H,10H2,(H,22,23)/b17-15+. The third kappa shape index (κ3) is 3.06. The molecular weight excluding hydrogens is 341 g/mol. The number of aliphatic hydroxyl groups excluding tert-OH is 1. The summed E-state index contributed by atoms with van der Waals surface area (Å²) < 4.78 is 13.3. The molecule has 6 nitrogen and oxygen atoms in total. The number of rotatable bonds is 4. The molecule has 132 valence electrons. The van der Waals surface area contributed by atoms with Crippen LogP contribution in [0.25, 0.3) is 5.76 Å². The number of nitrogens with zero attached hydrogens (tertiary/aromatic N) is 1. The number of benzene rings is 2. The minimum Gasteiger partial charge on any atom is -0.507 e. The number of hydrogen-bond acceptors (Lipinski definition) is 4. The largest absolute Gasteiger partial charge is 0.507 e. The molecule has 1 heterocycles. The van der Waals surface area contributed by atoms with Gasteiger partial charge in [-0.1, -0.05) is 42.5 Å². The maximum Gasteiger partial charge on any atom is 0.323 e. The lowest BCUT2D eigenvalue weighted by Gasteiger charge is -2.23. The van der Waals surface area contributed by atoms with Gasteiger partial charge in [0.25, 0.3) is 11.7 Å². The first-order valence-electron chi connectivity index (χ1n) is 7.71. The van der Waals surface area contributed by atoms with Gasteiger partial charge < -0.3 is 15.1 Å². The second-order valence-electron chi connectivity index (χ2n) is 5.74. The molecule has 1 aliphatic heterocycles. The van der Waals surface area contributed by atoms with Gasteiger partial charge in [0.15, 0.2) is 0 Å². The van der Waals surface area contributed by atoms with Gasteiger partial charge in [-0.05, 0) is 17.7 Å². The predicted molar refractivity (Wildman–Crippen MR) is 89.5 cm³/mol. The van der Waals surface area contributed by atoms with Crippen LogP contribution in [-0.4, -0.2) is 39.3 Å². The Morgan fingerprint density at radius 1 is 1.00 bits per heavy atom. The highest BCUT2D eigenvalue weighted by Gasteiger charge is 2.46. The van der Waals surface area contributed by atoms with Gasteiger partial charge in [0.2, 0.25) is 0 Å². The van der Waals surface area contributed by atoms with Gasteiger partial charge in [0, 0.05) is 5.56 Å². The maximum atomic E-state index is 13.3. The number of hydrogen-bond donors (Lipinski definition) is 2. The third-order valence-electron chi connectivity index (χ3n) is 4.08. The highest BCUT2D eigenvalue weighted by molar-refractivity contribution is 6.46. The first kappa shape index (κ1) is 17.3. The van der Waals surface area contributed by atoms with Crippen molar-refractivity contribution in [1.29, 1.82) is 0 Å². The van der Waals surface area contributed by atoms with Crippen molar-refractivity contribution in [2.75, 3.05) is 6.54 Å². The SMILES string of the molecule is O=C(O)CN1C(=O)C(=O)/C(=C(/O)c2ccccc2)C1c1ccc(F)cc1. The fraction of sp³-hybridized carbons (Fsp3) is 0.105. The molecule has 1 aliphatic rings. The van der Waals surface area contributed by atoms with Gasteiger partial charge in [-0.25, -0.2) is 4.39 Å². The predicted octanol–water partition coefficient (Wildman–Crippen LogP) is 2.33. The molecule has 1 atom stereocenters. The van der Waals surface area contributed by atoms with Crippen LogP contribution in [-0.2, 0) is 14.4 Å². The molecule has 0 bridgehead atoms. The lowest BCUT2D eigenvalue weighted by Crippen LogP contribution is -2.34. The Labute approximate surface area is 147 Å². The van der Waals surface area contributed by atoms with Gasteiger partial charge in [-0.2, -0.15) is 0 Å². The summed E-state index contributed by atoms with van der Waals surface area (Å²) in [7, 11) is 0. The van der Waals surface area contributed by atoms with Crippen LogP contribution in [0.4, 0.5) is 4.39 Å². The summed E-state index contributed by atoms with van der Waals surface area (Å²) in [6.07, 6.45) is 0. The van der Waals surface area contributed by atoms with Gasteiger partial charge in [-0.15, -0.1) is 0 Å². The summed E-state index contributed by atoms with van der Waals surface area (Å²) in [5, 5.41) is 19.7. The van der Waals surface area contributed by atoms with Gasteiger partial charge in [-0.3, -0.25) is 14.4 Å². The van der Waals surface area contributed by atoms with Crippen molar-refractivity contribution in [3.63, 3.8) is 0 Å². The summed E-state index contributed by atoms with van der Waals surface area (Å²) in [4.78, 5) is 36.8. The first-order valence-corrected chi connectivity index (χ1v) is 7.71. The Hall–Kier alpha value is -3.48. The van der Waals surface area contributed by atoms with Crippen LogP contribution >= 0.6 is 0 Å². The molecule has 0 spiro atoms. The summed E-state index contributed by atoms with van der Waals surface area (Å²) >= 11 is 0. The highest BCUT2D eigenvalue weighted by atomic mass is 19.1. The zero-order valence-corrected chi connectivity index (χ0v) is 13.4. The minimum atomic E-state index is -1.31. The van der Waals surface area contributed by atoms with Crippen LogP contribution in [0.5, 0.6) is 0 Å². The Bertz CT molecular complexity index is 905. The molecule has 1 saturated heterocycles. The van der Waals surface area contributed by atoms with Crippen molar-refractivity contribution < 1.29 is 29.0 Å². The molecule has 3 rings (SSSR count). The number of aliphatic carboxylic acids is 1. The van der Waals surface area contributed by atoms with E-state index in [1.165, 1.54) is 12.1 Å². The molecule has 1 unspecified atom stereocenters. The summed E-state index contributed by atoms with van der Waals surface area (Å²) in [6.45, 7) is -0.724. The van der Waals surface area contributed by atoms with E-state index in [1.807, 2.05) is 0 Å². The number of amides is 1. The fourth-order valence-electron chi connectivity index (χ4n) is 2.93. The molecule has 1 fully saturated rings. The van der Waals surface area contributed by atoms with Crippen molar-refractivity contribution in [2.45, 2.75) is 6.04 Å². The smallest absolute Gasteiger partial charge is 0.323 e. The average Bonchev–Trinajstić information content (AvgIpc) is 2.87. The van der Waals surface area contributed by atoms with Crippen molar-refractivity contribution in [3.05, 3.63) is 77.1 Å². The van der Waals surface area contributed by atoms with Crippen molar-refractivity contribution in [3.8, 4) is 0 Å². The Morgan fingerprint density at radius 2 is 1.62 bits per heavy atom. The number of likely N-dealkylation sites (tertiary alicyclic amines) is 1. The lowest BCUT2D eigenvalue weighted by atomic mass is 9.95. The van der Waals surface area contributed by atoms with E-state index >= 15 is 0 Å². The zero-order valence-electron chi connectivity index (χ0n) is 13.4. The molecule has 1 amide bonds. The monoisotopic (exact) mass is 355 g/mol. The Balaban J connectivity index is 2.19. The number of ketones is 1. The number of aliphatic hydroxyl groups is 1. The van der Waals surface area contributed by atoms with E-state index in [2.05, 4.69) is 0 Å². The van der Waals surface area contributed by atoms with E-state index in [0.717, 1.165) is 17.0 Å². The molecule has 2 aromatic rings. The molecule has 0 radical (unpaired) electrons.